The summed E-state index contributed by atoms with van der Waals surface area (Å²) in [5.74, 6) is 2.88. The molecule has 16 rings (SSSR count). The van der Waals surface area contributed by atoms with E-state index in [2.05, 4.69) is 41.2 Å². The minimum absolute atomic E-state index is 0.105. The molecule has 34 nitrogen and oxygen atoms in total. The number of carbonyl (C=O) groups excluding carboxylic acids is 8. The molecule has 0 radical (unpaired) electrons. The minimum Gasteiger partial charge on any atom is -0.494 e. The van der Waals surface area contributed by atoms with E-state index in [4.69, 9.17) is 66.3 Å². The van der Waals surface area contributed by atoms with Crippen LogP contribution in [-0.2, 0) is 38.1 Å². The lowest BCUT2D eigenvalue weighted by Gasteiger charge is -2.26. The number of aryl methyl sites for hydroxylation is 2. The third kappa shape index (κ3) is 29.2. The van der Waals surface area contributed by atoms with Gasteiger partial charge in [-0.3, -0.25) is 59.6 Å². The van der Waals surface area contributed by atoms with E-state index in [0.29, 0.717) is 201 Å². The van der Waals surface area contributed by atoms with E-state index in [0.717, 1.165) is 56.5 Å². The second-order valence-electron chi connectivity index (χ2n) is 30.9. The van der Waals surface area contributed by atoms with Crippen LogP contribution in [0.4, 0.5) is 20.5 Å². The summed E-state index contributed by atoms with van der Waals surface area (Å²) >= 11 is 5.40. The van der Waals surface area contributed by atoms with E-state index < -0.39 is 0 Å². The number of carbonyl (C=O) groups is 8. The van der Waals surface area contributed by atoms with Gasteiger partial charge in [-0.2, -0.15) is 0 Å². The maximum absolute atomic E-state index is 12.8. The Kier molecular flexibility index (Phi) is 36.9. The summed E-state index contributed by atoms with van der Waals surface area (Å²) < 4.78 is 76.4. The van der Waals surface area contributed by atoms with Gasteiger partial charge in [0.2, 0.25) is 0 Å². The molecule has 8 heterocycles. The first-order valence-corrected chi connectivity index (χ1v) is 47.5. The second-order valence-corrected chi connectivity index (χ2v) is 34.4. The highest BCUT2D eigenvalue weighted by molar-refractivity contribution is 7.15. The van der Waals surface area contributed by atoms with Gasteiger partial charge in [-0.1, -0.05) is 59.7 Å². The number of hydrogen-bond acceptors (Lipinski definition) is 30. The van der Waals surface area contributed by atoms with E-state index in [-0.39, 0.29) is 79.8 Å². The van der Waals surface area contributed by atoms with E-state index in [1.54, 1.807) is 92.4 Å². The maximum atomic E-state index is 12.8. The number of hydrogen-bond donors (Lipinski definition) is 4. The number of methoxy groups -OCH3 is 4. The first kappa shape index (κ1) is 100. The van der Waals surface area contributed by atoms with Crippen molar-refractivity contribution in [3.05, 3.63) is 225 Å². The zero-order valence-electron chi connectivity index (χ0n) is 77.1. The number of amides is 8. The quantitative estimate of drug-likeness (QED) is 0.0304. The van der Waals surface area contributed by atoms with Gasteiger partial charge < -0.3 is 85.9 Å². The molecule has 4 aliphatic rings. The van der Waals surface area contributed by atoms with Crippen molar-refractivity contribution in [2.45, 2.75) is 40.7 Å². The van der Waals surface area contributed by atoms with Crippen LogP contribution in [0.2, 0.25) is 0 Å². The molecular weight excluding hydrogens is 1840 g/mol. The molecule has 4 fully saturated rings. The van der Waals surface area contributed by atoms with E-state index in [9.17, 15) is 38.4 Å². The number of rotatable bonds is 32. The highest BCUT2D eigenvalue weighted by Crippen LogP contribution is 2.37. The molecule has 8 aromatic carbocycles. The van der Waals surface area contributed by atoms with Gasteiger partial charge in [0.1, 0.15) is 11.5 Å². The average Bonchev–Trinajstić information content (AvgIpc) is 1.43. The summed E-state index contributed by atoms with van der Waals surface area (Å²) in [6, 6.07) is 50.7. The molecule has 0 unspecified atom stereocenters. The molecule has 4 saturated heterocycles. The van der Waals surface area contributed by atoms with Gasteiger partial charge in [0.25, 0.3) is 47.3 Å². The molecule has 8 amide bonds. The number of ether oxygens (including phenoxy) is 14. The molecule has 0 bridgehead atoms. The molecule has 137 heavy (non-hydrogen) atoms. The molecule has 38 heteroatoms. The zero-order chi connectivity index (χ0) is 96.5. The standard InChI is InChI=1S/C26H29N3O6S.C25H27N3O6S.2C24H25N3O5S/c1-17(2)35-20-7-4-18(5-8-20)21-16-36-26(27-21)28-25(31)19-6-9-22(23(14-19)32-3)34-15-24(30)29-10-12-33-13-11-29;1-3-33-19-7-4-17(5-8-19)20-16-35-25(26-20)27-24(30)18-6-9-21(22(14-18)31-2)34-15-23(29)28-10-12-32-13-11-28;2*1-16-3-5-17(6-4-16)19-15-33-24(25-19)26-23(29)18-7-8-20(21(13-18)30-2)32-14-22(28)27-9-11-31-12-10-27/h4-9,14,16-17H,10-13,15H2,1-3H3,(H,27,28,31);4-9,14,16H,3,10-13,15H2,1-2H3,(H,26,27,30);2*3-8,13,15H,9-12,14H2,1-2H3,(H,25,26,29). The number of anilines is 4. The van der Waals surface area contributed by atoms with Crippen molar-refractivity contribution >= 4 is 113 Å². The van der Waals surface area contributed by atoms with Crippen LogP contribution in [0.3, 0.4) is 0 Å². The lowest BCUT2D eigenvalue weighted by atomic mass is 10.1. The van der Waals surface area contributed by atoms with Gasteiger partial charge in [0.05, 0.1) is 117 Å². The fraction of sp³-hybridized carbons (Fsp3) is 0.313. The number of nitrogens with zero attached hydrogens (tertiary/aromatic N) is 8. The predicted molar refractivity (Wildman–Crippen MR) is 522 cm³/mol. The Bertz CT molecular complexity index is 5870. The largest absolute Gasteiger partial charge is 0.494 e. The maximum Gasteiger partial charge on any atom is 0.260 e. The van der Waals surface area contributed by atoms with Crippen molar-refractivity contribution in [3.8, 4) is 103 Å². The third-order valence-electron chi connectivity index (χ3n) is 21.1. The molecule has 0 aliphatic carbocycles. The van der Waals surface area contributed by atoms with Crippen LogP contribution < -0.4 is 68.6 Å². The van der Waals surface area contributed by atoms with Crippen LogP contribution in [0.5, 0.6) is 57.5 Å². The number of nitrogens with one attached hydrogen (secondary N) is 4. The van der Waals surface area contributed by atoms with Crippen molar-refractivity contribution in [2.24, 2.45) is 0 Å². The molecule has 0 atom stereocenters. The molecule has 4 N–H and O–H groups in total. The molecule has 4 aliphatic heterocycles. The first-order chi connectivity index (χ1) is 66.5. The normalized spacial score (nSPS) is 13.4. The smallest absolute Gasteiger partial charge is 0.260 e. The Morgan fingerprint density at radius 2 is 0.555 bits per heavy atom. The minimum atomic E-state index is -0.328. The van der Waals surface area contributed by atoms with Gasteiger partial charge in [-0.25, -0.2) is 19.9 Å². The average molecular weight is 1940 g/mol. The van der Waals surface area contributed by atoms with Gasteiger partial charge in [0, 0.05) is 118 Å². The molecule has 4 aromatic heterocycles. The molecule has 718 valence electrons. The van der Waals surface area contributed by atoms with Crippen molar-refractivity contribution in [1.82, 2.24) is 39.5 Å². The van der Waals surface area contributed by atoms with Crippen LogP contribution >= 0.6 is 45.3 Å². The lowest BCUT2D eigenvalue weighted by Crippen LogP contribution is -2.43. The van der Waals surface area contributed by atoms with Crippen molar-refractivity contribution in [3.63, 3.8) is 0 Å². The summed E-state index contributed by atoms with van der Waals surface area (Å²) in [7, 11) is 5.94. The fourth-order valence-corrected chi connectivity index (χ4v) is 16.6. The number of thiazole rings is 4. The predicted octanol–water partition coefficient (Wildman–Crippen LogP) is 15.0. The second kappa shape index (κ2) is 50.5. The van der Waals surface area contributed by atoms with Crippen molar-refractivity contribution in [1.29, 1.82) is 0 Å². The monoisotopic (exact) mass is 1940 g/mol. The van der Waals surface area contributed by atoms with Crippen LogP contribution in [0.25, 0.3) is 45.0 Å². The summed E-state index contributed by atoms with van der Waals surface area (Å²) in [6.07, 6.45) is 0.105. The lowest BCUT2D eigenvalue weighted by molar-refractivity contribution is -0.138. The van der Waals surface area contributed by atoms with Gasteiger partial charge >= 0.3 is 0 Å². The van der Waals surface area contributed by atoms with Crippen LogP contribution in [-0.4, -0.2) is 260 Å². The van der Waals surface area contributed by atoms with Crippen molar-refractivity contribution in [2.75, 3.05) is 188 Å². The summed E-state index contributed by atoms with van der Waals surface area (Å²) in [4.78, 5) is 125. The fourth-order valence-electron chi connectivity index (χ4n) is 13.7. The van der Waals surface area contributed by atoms with E-state index in [1.165, 1.54) is 84.9 Å². The number of morpholine rings is 4. The molecule has 0 spiro atoms. The Balaban J connectivity index is 0.000000154. The van der Waals surface area contributed by atoms with E-state index in [1.807, 2.05) is 153 Å². The molecule has 0 saturated carbocycles. The molecular formula is C99H106N12O22S4. The highest BCUT2D eigenvalue weighted by Gasteiger charge is 2.26. The number of aromatic nitrogens is 4. The Labute approximate surface area is 808 Å². The SMILES string of the molecule is CCOc1ccc(-c2csc(NC(=O)c3ccc(OCC(=O)N4CCOCC4)c(OC)c3)n2)cc1.COc1cc(C(=O)Nc2nc(-c3ccc(C)cc3)cs2)ccc1OCC(=O)N1CCOCC1.COc1cc(C(=O)Nc2nc(-c3ccc(C)cc3)cs2)ccc1OCC(=O)N1CCOCC1.COc1cc(C(=O)Nc2nc(-c3ccc(OC(C)C)cc3)cs2)ccc1OCC(=O)N1CCOCC1. The third-order valence-corrected chi connectivity index (χ3v) is 24.2. The topological polar surface area (TPSA) is 378 Å². The Morgan fingerprint density at radius 1 is 0.321 bits per heavy atom. The summed E-state index contributed by atoms with van der Waals surface area (Å²) in [5, 5.41) is 20.8. The zero-order valence-corrected chi connectivity index (χ0v) is 80.4. The summed E-state index contributed by atoms with van der Waals surface area (Å²) in [5.41, 5.74) is 10.9. The van der Waals surface area contributed by atoms with Gasteiger partial charge in [-0.15, -0.1) is 45.3 Å². The highest BCUT2D eigenvalue weighted by atomic mass is 32.1. The van der Waals surface area contributed by atoms with Crippen LogP contribution in [0.15, 0.2) is 191 Å². The first-order valence-electron chi connectivity index (χ1n) is 43.9. The summed E-state index contributed by atoms with van der Waals surface area (Å²) in [6.45, 7) is 18.8. The Morgan fingerprint density at radius 3 is 0.781 bits per heavy atom. The molecule has 12 aromatic rings. The van der Waals surface area contributed by atoms with E-state index >= 15 is 0 Å². The van der Waals surface area contributed by atoms with Gasteiger partial charge in [-0.05, 0) is 156 Å². The van der Waals surface area contributed by atoms with Crippen LogP contribution in [0.1, 0.15) is 73.3 Å². The van der Waals surface area contributed by atoms with Gasteiger partial charge in [0.15, 0.2) is 92.9 Å². The van der Waals surface area contributed by atoms with Crippen LogP contribution in [0, 0.1) is 13.8 Å². The van der Waals surface area contributed by atoms with Crippen molar-refractivity contribution < 1.29 is 105 Å². The number of benzene rings is 8. The Hall–Kier alpha value is -14.1.